The molecule has 0 fully saturated rings. The fraction of sp³-hybridized carbons (Fsp3) is 0.578. The number of nitrogens with one attached hydrogen (secondary N) is 1. The lowest BCUT2D eigenvalue weighted by Gasteiger charge is -2.14. The normalized spacial score (nSPS) is 12.1. The van der Waals surface area contributed by atoms with E-state index in [9.17, 15) is 4.79 Å². The zero-order chi connectivity index (χ0) is 42.7. The van der Waals surface area contributed by atoms with E-state index in [-0.39, 0.29) is 12.5 Å². The molecule has 16 heteroatoms. The molecule has 340 valence electrons. The number of amides is 1. The highest BCUT2D eigenvalue weighted by atomic mass is 16.6. The maximum Gasteiger partial charge on any atom is 0.407 e. The molecule has 0 aliphatic heterocycles. The van der Waals surface area contributed by atoms with Gasteiger partial charge in [-0.2, -0.15) is 0 Å². The molecule has 0 saturated heterocycles. The number of benzene rings is 3. The first-order chi connectivity index (χ1) is 30.2. The summed E-state index contributed by atoms with van der Waals surface area (Å²) in [4.78, 5) is 12.3. The van der Waals surface area contributed by atoms with E-state index in [4.69, 9.17) is 67.3 Å². The maximum atomic E-state index is 12.3. The Morgan fingerprint density at radius 1 is 0.426 bits per heavy atom. The van der Waals surface area contributed by atoms with E-state index in [1.807, 2.05) is 36.4 Å². The summed E-state index contributed by atoms with van der Waals surface area (Å²) in [5.74, 6) is 0.800. The van der Waals surface area contributed by atoms with Crippen LogP contribution in [0, 0.1) is 0 Å². The van der Waals surface area contributed by atoms with Crippen molar-refractivity contribution in [2.24, 2.45) is 0 Å². The first-order valence-corrected chi connectivity index (χ1v) is 21.1. The average Bonchev–Trinajstić information content (AvgIpc) is 3.60. The number of carbonyl (C=O) groups is 1. The van der Waals surface area contributed by atoms with Crippen LogP contribution in [0.3, 0.4) is 0 Å². The van der Waals surface area contributed by atoms with Crippen molar-refractivity contribution in [1.29, 1.82) is 0 Å². The number of fused-ring (bicyclic) bond motifs is 3. The molecule has 0 aromatic heterocycles. The predicted octanol–water partition coefficient (Wildman–Crippen LogP) is 4.37. The summed E-state index contributed by atoms with van der Waals surface area (Å²) in [6, 6.07) is 23.8. The van der Waals surface area contributed by atoms with Crippen LogP contribution in [0.5, 0.6) is 5.75 Å². The number of nitrogens with two attached hydrogens (primary N) is 1. The molecule has 3 aromatic rings. The summed E-state index contributed by atoms with van der Waals surface area (Å²) in [6.07, 6.45) is -0.455. The lowest BCUT2D eigenvalue weighted by molar-refractivity contribution is -0.0277. The van der Waals surface area contributed by atoms with Gasteiger partial charge < -0.3 is 72.6 Å². The first kappa shape index (κ1) is 49.7. The number of hydrogen-bond acceptors (Lipinski definition) is 15. The summed E-state index contributed by atoms with van der Waals surface area (Å²) in [7, 11) is 0. The Hall–Kier alpha value is -3.91. The van der Waals surface area contributed by atoms with Gasteiger partial charge in [-0.05, 0) is 46.5 Å². The molecule has 0 bridgehead atoms. The number of carbonyl (C=O) groups excluding carboxylic acids is 1. The number of hydrogen-bond donors (Lipinski definition) is 2. The van der Waals surface area contributed by atoms with Gasteiger partial charge in [-0.1, -0.05) is 48.5 Å². The molecule has 4 rings (SSSR count). The lowest BCUT2D eigenvalue weighted by atomic mass is 9.98. The molecule has 0 saturated carbocycles. The molecule has 3 N–H and O–H groups in total. The molecule has 61 heavy (non-hydrogen) atoms. The third kappa shape index (κ3) is 22.7. The van der Waals surface area contributed by atoms with Gasteiger partial charge in [-0.25, -0.2) is 4.79 Å². The van der Waals surface area contributed by atoms with Gasteiger partial charge in [-0.15, -0.1) is 0 Å². The minimum Gasteiger partial charge on any atom is -0.491 e. The second-order valence-corrected chi connectivity index (χ2v) is 13.4. The van der Waals surface area contributed by atoms with Crippen molar-refractivity contribution in [3.8, 4) is 16.9 Å². The van der Waals surface area contributed by atoms with Crippen LogP contribution in [0.2, 0.25) is 0 Å². The third-order valence-electron chi connectivity index (χ3n) is 8.96. The molecule has 1 aliphatic rings. The second kappa shape index (κ2) is 33.7. The highest BCUT2D eigenvalue weighted by Crippen LogP contribution is 2.44. The van der Waals surface area contributed by atoms with Crippen molar-refractivity contribution in [3.63, 3.8) is 0 Å². The molecule has 1 aliphatic carbocycles. The Morgan fingerprint density at radius 2 is 0.754 bits per heavy atom. The zero-order valence-electron chi connectivity index (χ0n) is 35.5. The van der Waals surface area contributed by atoms with Crippen LogP contribution in [-0.4, -0.2) is 171 Å². The van der Waals surface area contributed by atoms with Gasteiger partial charge in [0, 0.05) is 18.2 Å². The van der Waals surface area contributed by atoms with E-state index in [0.717, 1.165) is 5.75 Å². The Bertz CT molecular complexity index is 1490. The van der Waals surface area contributed by atoms with E-state index in [0.29, 0.717) is 164 Å². The van der Waals surface area contributed by atoms with Crippen molar-refractivity contribution < 1.29 is 66.4 Å². The number of anilines is 1. The van der Waals surface area contributed by atoms with Gasteiger partial charge in [0.05, 0.1) is 145 Å². The fourth-order valence-electron chi connectivity index (χ4n) is 5.96. The van der Waals surface area contributed by atoms with Crippen molar-refractivity contribution in [3.05, 3.63) is 83.9 Å². The minimum atomic E-state index is -0.455. The average molecular weight is 859 g/mol. The Kier molecular flexibility index (Phi) is 27.5. The molecule has 0 unspecified atom stereocenters. The maximum absolute atomic E-state index is 12.3. The summed E-state index contributed by atoms with van der Waals surface area (Å²) in [6.45, 7) is 11.6. The number of ether oxygens (including phenoxy) is 13. The summed E-state index contributed by atoms with van der Waals surface area (Å²) >= 11 is 0. The Labute approximate surface area is 360 Å². The zero-order valence-corrected chi connectivity index (χ0v) is 35.5. The van der Waals surface area contributed by atoms with Crippen LogP contribution in [0.4, 0.5) is 10.5 Å². The highest BCUT2D eigenvalue weighted by molar-refractivity contribution is 5.79. The smallest absolute Gasteiger partial charge is 0.407 e. The van der Waals surface area contributed by atoms with E-state index in [1.165, 1.54) is 22.3 Å². The van der Waals surface area contributed by atoms with Gasteiger partial charge in [0.1, 0.15) is 19.0 Å². The predicted molar refractivity (Wildman–Crippen MR) is 228 cm³/mol. The second-order valence-electron chi connectivity index (χ2n) is 13.4. The Balaban J connectivity index is 0.763. The van der Waals surface area contributed by atoms with E-state index in [2.05, 4.69) is 29.6 Å². The minimum absolute atomic E-state index is 0.0335. The van der Waals surface area contributed by atoms with Crippen molar-refractivity contribution in [1.82, 2.24) is 5.32 Å². The Morgan fingerprint density at radius 3 is 1.13 bits per heavy atom. The van der Waals surface area contributed by atoms with Gasteiger partial charge in [0.2, 0.25) is 0 Å². The summed E-state index contributed by atoms with van der Waals surface area (Å²) < 4.78 is 71.7. The van der Waals surface area contributed by atoms with Crippen LogP contribution in [0.1, 0.15) is 17.0 Å². The molecule has 0 heterocycles. The standard InChI is InChI=1S/C45H66N2O14/c46-38-9-11-39(12-10-38)60-36-35-59-34-33-58-32-31-57-30-29-56-28-27-55-26-25-54-24-23-53-22-21-52-20-19-51-18-17-50-16-15-49-14-13-47-45(48)61-37-44-42-7-3-1-5-40(42)41-6-2-4-8-43(41)44/h1-12,44H,13-37,46H2,(H,47,48). The topological polar surface area (TPSA) is 175 Å². The lowest BCUT2D eigenvalue weighted by Crippen LogP contribution is -2.29. The quantitative estimate of drug-likeness (QED) is 0.0611. The molecular weight excluding hydrogens is 792 g/mol. The molecule has 1 amide bonds. The summed E-state index contributed by atoms with van der Waals surface area (Å²) in [5.41, 5.74) is 11.1. The van der Waals surface area contributed by atoms with Crippen LogP contribution >= 0.6 is 0 Å². The van der Waals surface area contributed by atoms with Crippen LogP contribution in [0.15, 0.2) is 72.8 Å². The van der Waals surface area contributed by atoms with E-state index >= 15 is 0 Å². The number of rotatable bonds is 39. The van der Waals surface area contributed by atoms with Crippen molar-refractivity contribution >= 4 is 11.8 Å². The number of nitrogen functional groups attached to an aromatic ring is 1. The van der Waals surface area contributed by atoms with E-state index in [1.54, 1.807) is 12.1 Å². The van der Waals surface area contributed by atoms with Gasteiger partial charge in [0.25, 0.3) is 0 Å². The molecule has 16 nitrogen and oxygen atoms in total. The number of alkyl carbamates (subject to hydrolysis) is 1. The monoisotopic (exact) mass is 858 g/mol. The fourth-order valence-corrected chi connectivity index (χ4v) is 5.96. The van der Waals surface area contributed by atoms with Crippen LogP contribution in [0.25, 0.3) is 11.1 Å². The molecule has 0 spiro atoms. The van der Waals surface area contributed by atoms with Gasteiger partial charge >= 0.3 is 6.09 Å². The van der Waals surface area contributed by atoms with Crippen molar-refractivity contribution in [2.45, 2.75) is 5.92 Å². The molecular formula is C45H66N2O14. The highest BCUT2D eigenvalue weighted by Gasteiger charge is 2.29. The largest absolute Gasteiger partial charge is 0.491 e. The summed E-state index contributed by atoms with van der Waals surface area (Å²) in [5, 5.41) is 2.74. The van der Waals surface area contributed by atoms with Crippen LogP contribution in [-0.2, 0) is 56.8 Å². The van der Waals surface area contributed by atoms with E-state index < -0.39 is 6.09 Å². The molecule has 0 atom stereocenters. The van der Waals surface area contributed by atoms with Gasteiger partial charge in [-0.3, -0.25) is 0 Å². The first-order valence-electron chi connectivity index (χ1n) is 21.1. The molecule has 3 aromatic carbocycles. The van der Waals surface area contributed by atoms with Gasteiger partial charge in [0.15, 0.2) is 0 Å². The molecule has 0 radical (unpaired) electrons. The van der Waals surface area contributed by atoms with Crippen LogP contribution < -0.4 is 15.8 Å². The third-order valence-corrected chi connectivity index (χ3v) is 8.96. The van der Waals surface area contributed by atoms with Crippen molar-refractivity contribution in [2.75, 3.05) is 171 Å². The SMILES string of the molecule is Nc1ccc(OCCOCCOCCOCCOCCOCCOCCOCCOCCOCCOCCOCCNC(=O)OCC2c3ccccc3-c3ccccc32)cc1.